The molecular formula is C31H36ClF3N6O4. The summed E-state index contributed by atoms with van der Waals surface area (Å²) in [7, 11) is 2.05. The number of alkyl halides is 3. The van der Waals surface area contributed by atoms with Gasteiger partial charge in [0, 0.05) is 50.9 Å². The first-order valence-corrected chi connectivity index (χ1v) is 14.4. The maximum absolute atomic E-state index is 13.7. The number of rotatable bonds is 9. The first kappa shape index (κ1) is 33.9. The van der Waals surface area contributed by atoms with Crippen LogP contribution in [-0.2, 0) is 11.3 Å². The van der Waals surface area contributed by atoms with Crippen molar-refractivity contribution in [2.75, 3.05) is 51.2 Å². The van der Waals surface area contributed by atoms with Gasteiger partial charge in [0.05, 0.1) is 16.8 Å². The molecule has 4 amide bonds. The van der Waals surface area contributed by atoms with Gasteiger partial charge in [-0.15, -0.1) is 25.6 Å². The highest BCUT2D eigenvalue weighted by Crippen LogP contribution is 2.37. The van der Waals surface area contributed by atoms with Crippen molar-refractivity contribution >= 4 is 46.8 Å². The number of halogens is 4. The number of para-hydroxylation sites is 1. The predicted octanol–water partition coefficient (Wildman–Crippen LogP) is 4.67. The maximum atomic E-state index is 13.7. The molecule has 0 spiro atoms. The normalized spacial score (nSPS) is 17.5. The minimum Gasteiger partial charge on any atom is -0.405 e. The zero-order valence-corrected chi connectivity index (χ0v) is 26.1. The molecule has 2 aliphatic heterocycles. The van der Waals surface area contributed by atoms with Crippen LogP contribution in [0, 0.1) is 0 Å². The zero-order valence-electron chi connectivity index (χ0n) is 25.3. The van der Waals surface area contributed by atoms with Crippen LogP contribution in [-0.4, -0.2) is 95.7 Å². The molecule has 1 aromatic heterocycles. The van der Waals surface area contributed by atoms with Gasteiger partial charge in [-0.2, -0.15) is 0 Å². The number of fused-ring (bicyclic) bond motifs is 1. The van der Waals surface area contributed by atoms with Crippen molar-refractivity contribution in [2.24, 2.45) is 0 Å². The Balaban J connectivity index is 0.00000461. The number of benzene rings is 2. The molecular weight excluding hydrogens is 613 g/mol. The lowest BCUT2D eigenvalue weighted by Crippen LogP contribution is -2.45. The van der Waals surface area contributed by atoms with Gasteiger partial charge in [0.1, 0.15) is 11.3 Å². The highest BCUT2D eigenvalue weighted by molar-refractivity contribution is 6.23. The van der Waals surface area contributed by atoms with E-state index in [1.807, 2.05) is 24.3 Å². The van der Waals surface area contributed by atoms with Gasteiger partial charge in [-0.05, 0) is 69.8 Å². The molecule has 3 aromatic rings. The Hall–Kier alpha value is -3.94. The topological polar surface area (TPSA) is 98.3 Å². The zero-order chi connectivity index (χ0) is 31.6. The van der Waals surface area contributed by atoms with E-state index in [1.165, 1.54) is 11.0 Å². The minimum atomic E-state index is -5.05. The number of piperazine rings is 1. The largest absolute Gasteiger partial charge is 0.573 e. The molecule has 2 saturated heterocycles. The number of hydrogen-bond acceptors (Lipinski definition) is 7. The Kier molecular flexibility index (Phi) is 10.3. The van der Waals surface area contributed by atoms with Crippen LogP contribution in [0.4, 0.5) is 23.7 Å². The molecule has 0 unspecified atom stereocenters. The van der Waals surface area contributed by atoms with Gasteiger partial charge in [-0.25, -0.2) is 9.69 Å². The Labute approximate surface area is 265 Å². The third kappa shape index (κ3) is 7.48. The Morgan fingerprint density at radius 1 is 1.04 bits per heavy atom. The molecule has 2 fully saturated rings. The smallest absolute Gasteiger partial charge is 0.405 e. The maximum Gasteiger partial charge on any atom is 0.573 e. The van der Waals surface area contributed by atoms with E-state index >= 15 is 0 Å². The van der Waals surface area contributed by atoms with Gasteiger partial charge in [-0.3, -0.25) is 14.6 Å². The Morgan fingerprint density at radius 2 is 1.76 bits per heavy atom. The summed E-state index contributed by atoms with van der Waals surface area (Å²) in [5, 5.41) is 3.48. The second-order valence-electron chi connectivity index (χ2n) is 11.5. The molecule has 45 heavy (non-hydrogen) atoms. The van der Waals surface area contributed by atoms with Gasteiger partial charge in [0.25, 0.3) is 11.8 Å². The van der Waals surface area contributed by atoms with Gasteiger partial charge in [-0.1, -0.05) is 18.2 Å². The number of likely N-dealkylation sites (N-methyl/N-ethyl adjacent to an activating group) is 1. The van der Waals surface area contributed by atoms with Gasteiger partial charge >= 0.3 is 12.4 Å². The summed E-state index contributed by atoms with van der Waals surface area (Å²) in [4.78, 5) is 51.6. The first-order valence-electron chi connectivity index (χ1n) is 14.4. The molecule has 2 aliphatic rings. The van der Waals surface area contributed by atoms with E-state index in [9.17, 15) is 27.6 Å². The Morgan fingerprint density at radius 3 is 2.47 bits per heavy atom. The molecule has 242 valence electrons. The average Bonchev–Trinajstić information content (AvgIpc) is 3.14. The lowest BCUT2D eigenvalue weighted by atomic mass is 10.0. The molecule has 5 rings (SSSR count). The first-order chi connectivity index (χ1) is 20.8. The summed E-state index contributed by atoms with van der Waals surface area (Å²) >= 11 is 0. The molecule has 10 nitrogen and oxygen atoms in total. The van der Waals surface area contributed by atoms with Crippen molar-refractivity contribution in [1.29, 1.82) is 0 Å². The second kappa shape index (κ2) is 13.6. The fraction of sp³-hybridized carbons (Fsp3) is 0.419. The number of nitrogens with zero attached hydrogens (tertiary/aromatic N) is 5. The van der Waals surface area contributed by atoms with E-state index in [4.69, 9.17) is 0 Å². The number of carbonyl (C=O) groups is 3. The van der Waals surface area contributed by atoms with Crippen LogP contribution < -0.4 is 15.0 Å². The second-order valence-corrected chi connectivity index (χ2v) is 11.5. The van der Waals surface area contributed by atoms with E-state index in [-0.39, 0.29) is 31.2 Å². The van der Waals surface area contributed by atoms with Crippen LogP contribution in [0.3, 0.4) is 0 Å². The lowest BCUT2D eigenvalue weighted by molar-refractivity contribution is -0.274. The van der Waals surface area contributed by atoms with Crippen molar-refractivity contribution < 1.29 is 32.3 Å². The molecule has 14 heteroatoms. The summed E-state index contributed by atoms with van der Waals surface area (Å²) in [5.41, 5.74) is -0.244. The third-order valence-corrected chi connectivity index (χ3v) is 8.12. The van der Waals surface area contributed by atoms with Gasteiger partial charge in [0.2, 0.25) is 0 Å². The molecule has 0 atom stereocenters. The number of hydrogen-bond donors (Lipinski definition) is 1. The number of urea groups is 1. The van der Waals surface area contributed by atoms with Crippen molar-refractivity contribution in [3.05, 3.63) is 65.9 Å². The SMILES string of the molecule is CN1CCN(CCCNC(=O)c2cc(N3C(=O)N(Cc4ccnc5ccccc45)C(C)(C)C3=O)ccc2OC(F)(F)F)CC1.Cl. The van der Waals surface area contributed by atoms with Crippen molar-refractivity contribution in [3.8, 4) is 5.75 Å². The summed E-state index contributed by atoms with van der Waals surface area (Å²) in [6, 6.07) is 11.7. The quantitative estimate of drug-likeness (QED) is 0.266. The highest BCUT2D eigenvalue weighted by Gasteiger charge is 2.52. The van der Waals surface area contributed by atoms with Gasteiger partial charge in [0.15, 0.2) is 0 Å². The molecule has 3 heterocycles. The van der Waals surface area contributed by atoms with E-state index in [0.717, 1.165) is 66.2 Å². The third-order valence-electron chi connectivity index (χ3n) is 8.12. The minimum absolute atomic E-state index is 0. The van der Waals surface area contributed by atoms with E-state index in [1.54, 1.807) is 26.1 Å². The predicted molar refractivity (Wildman–Crippen MR) is 166 cm³/mol. The summed E-state index contributed by atoms with van der Waals surface area (Å²) in [6.07, 6.45) is -2.83. The molecule has 2 aromatic carbocycles. The fourth-order valence-corrected chi connectivity index (χ4v) is 5.51. The van der Waals surface area contributed by atoms with Gasteiger partial charge < -0.3 is 24.8 Å². The number of anilines is 1. The number of ether oxygens (including phenoxy) is 1. The van der Waals surface area contributed by atoms with Crippen LogP contribution in [0.2, 0.25) is 0 Å². The van der Waals surface area contributed by atoms with Crippen LogP contribution in [0.25, 0.3) is 10.9 Å². The lowest BCUT2D eigenvalue weighted by Gasteiger charge is -2.32. The number of nitrogens with one attached hydrogen (secondary N) is 1. The number of carbonyl (C=O) groups excluding carboxylic acids is 3. The van der Waals surface area contributed by atoms with Crippen LogP contribution in [0.5, 0.6) is 5.75 Å². The molecule has 1 N–H and O–H groups in total. The van der Waals surface area contributed by atoms with Crippen molar-refractivity contribution in [3.63, 3.8) is 0 Å². The number of pyridine rings is 1. The molecule has 0 radical (unpaired) electrons. The van der Waals surface area contributed by atoms with Crippen LogP contribution in [0.1, 0.15) is 36.2 Å². The standard InChI is InChI=1S/C31H35F3N6O4.ClH/c1-30(2)28(42)40(29(43)39(30)20-21-11-13-35-25-8-5-4-7-23(21)25)22-9-10-26(44-31(32,33)34)24(19-22)27(41)36-12-6-14-38-17-15-37(3)16-18-38;/h4-5,7-11,13,19H,6,12,14-18,20H2,1-3H3,(H,36,41);1H. The van der Waals surface area contributed by atoms with Crippen LogP contribution in [0.15, 0.2) is 54.7 Å². The summed E-state index contributed by atoms with van der Waals surface area (Å²) in [5.74, 6) is -2.11. The van der Waals surface area contributed by atoms with Crippen LogP contribution >= 0.6 is 12.4 Å². The number of imide groups is 1. The van der Waals surface area contributed by atoms with E-state index in [0.29, 0.717) is 6.42 Å². The van der Waals surface area contributed by atoms with Crippen molar-refractivity contribution in [2.45, 2.75) is 38.7 Å². The van der Waals surface area contributed by atoms with E-state index in [2.05, 4.69) is 31.9 Å². The average molecular weight is 649 g/mol. The summed E-state index contributed by atoms with van der Waals surface area (Å²) in [6.45, 7) is 7.94. The molecule has 0 aliphatic carbocycles. The molecule has 0 bridgehead atoms. The Bertz CT molecular complexity index is 1560. The molecule has 0 saturated carbocycles. The summed E-state index contributed by atoms with van der Waals surface area (Å²) < 4.78 is 43.8. The highest BCUT2D eigenvalue weighted by atomic mass is 35.5. The monoisotopic (exact) mass is 648 g/mol. The van der Waals surface area contributed by atoms with Crippen molar-refractivity contribution in [1.82, 2.24) is 25.0 Å². The van der Waals surface area contributed by atoms with E-state index < -0.39 is 41.1 Å². The fourth-order valence-electron chi connectivity index (χ4n) is 5.51. The number of amides is 4. The number of aromatic nitrogens is 1.